The van der Waals surface area contributed by atoms with E-state index in [4.69, 9.17) is 9.47 Å². The van der Waals surface area contributed by atoms with Gasteiger partial charge in [-0.05, 0) is 52.9 Å². The first-order valence-corrected chi connectivity index (χ1v) is 10.8. The molecule has 4 rings (SSSR count). The third-order valence-corrected chi connectivity index (χ3v) is 5.48. The topological polar surface area (TPSA) is 93.1 Å². The quantitative estimate of drug-likeness (QED) is 0.272. The van der Waals surface area contributed by atoms with Gasteiger partial charge in [0.1, 0.15) is 22.6 Å². The third-order valence-electron chi connectivity index (χ3n) is 5.48. The van der Waals surface area contributed by atoms with Crippen LogP contribution in [-0.2, 0) is 9.47 Å². The van der Waals surface area contributed by atoms with E-state index in [1.165, 1.54) is 12.1 Å². The average molecular weight is 444 g/mol. The maximum atomic E-state index is 12.5. The molecular weight excluding hydrogens is 420 g/mol. The molecule has 6 heteroatoms. The molecule has 0 heterocycles. The number of esters is 2. The Morgan fingerprint density at radius 1 is 0.576 bits per heavy atom. The van der Waals surface area contributed by atoms with Crippen LogP contribution in [0.25, 0.3) is 21.5 Å². The van der Waals surface area contributed by atoms with Crippen molar-refractivity contribution in [3.05, 3.63) is 83.9 Å². The monoisotopic (exact) mass is 444 g/mol. The molecule has 0 amide bonds. The van der Waals surface area contributed by atoms with E-state index < -0.39 is 11.9 Å². The van der Waals surface area contributed by atoms with Gasteiger partial charge in [-0.3, -0.25) is 0 Å². The molecule has 4 aromatic rings. The van der Waals surface area contributed by atoms with Crippen LogP contribution in [0.4, 0.5) is 0 Å². The molecule has 33 heavy (non-hydrogen) atoms. The SMILES string of the molecule is O=C(OCCCCCOC(=O)c1c(O)ccc2ccccc12)c1c(O)ccc2ccccc12. The summed E-state index contributed by atoms with van der Waals surface area (Å²) in [7, 11) is 0. The molecule has 4 aromatic carbocycles. The lowest BCUT2D eigenvalue weighted by atomic mass is 10.0. The number of phenols is 2. The van der Waals surface area contributed by atoms with Crippen molar-refractivity contribution in [2.75, 3.05) is 13.2 Å². The Bertz CT molecular complexity index is 1210. The molecule has 2 N–H and O–H groups in total. The largest absolute Gasteiger partial charge is 0.507 e. The highest BCUT2D eigenvalue weighted by molar-refractivity contribution is 6.07. The fraction of sp³-hybridized carbons (Fsp3) is 0.185. The Balaban J connectivity index is 1.24. The van der Waals surface area contributed by atoms with Crippen molar-refractivity contribution in [1.82, 2.24) is 0 Å². The van der Waals surface area contributed by atoms with Gasteiger partial charge in [0.15, 0.2) is 0 Å². The lowest BCUT2D eigenvalue weighted by Gasteiger charge is -2.10. The molecule has 0 aromatic heterocycles. The minimum atomic E-state index is -0.567. The second-order valence-electron chi connectivity index (χ2n) is 7.69. The molecule has 0 saturated heterocycles. The van der Waals surface area contributed by atoms with Crippen LogP contribution in [-0.4, -0.2) is 35.4 Å². The van der Waals surface area contributed by atoms with Gasteiger partial charge in [0.2, 0.25) is 0 Å². The van der Waals surface area contributed by atoms with E-state index in [1.54, 1.807) is 36.4 Å². The van der Waals surface area contributed by atoms with Gasteiger partial charge < -0.3 is 19.7 Å². The summed E-state index contributed by atoms with van der Waals surface area (Å²) >= 11 is 0. The van der Waals surface area contributed by atoms with Gasteiger partial charge in [-0.15, -0.1) is 0 Å². The summed E-state index contributed by atoms with van der Waals surface area (Å²) < 4.78 is 10.7. The summed E-state index contributed by atoms with van der Waals surface area (Å²) in [6.07, 6.45) is 1.87. The van der Waals surface area contributed by atoms with E-state index in [0.29, 0.717) is 30.0 Å². The Morgan fingerprint density at radius 2 is 1.00 bits per heavy atom. The number of ether oxygens (including phenoxy) is 2. The maximum Gasteiger partial charge on any atom is 0.342 e. The molecule has 0 unspecified atom stereocenters. The first kappa shape index (κ1) is 22.1. The first-order chi connectivity index (χ1) is 16.1. The molecule has 0 spiro atoms. The number of carbonyl (C=O) groups is 2. The van der Waals surface area contributed by atoms with E-state index in [2.05, 4.69) is 0 Å². The predicted octanol–water partition coefficient (Wildman–Crippen LogP) is 5.59. The van der Waals surface area contributed by atoms with E-state index in [9.17, 15) is 19.8 Å². The molecule has 0 aliphatic rings. The number of rotatable bonds is 8. The zero-order valence-corrected chi connectivity index (χ0v) is 18.0. The molecule has 0 aliphatic carbocycles. The number of phenolic OH excluding ortho intramolecular Hbond substituents is 2. The zero-order valence-electron chi connectivity index (χ0n) is 18.0. The lowest BCUT2D eigenvalue weighted by molar-refractivity contribution is 0.0478. The second kappa shape index (κ2) is 10.0. The van der Waals surface area contributed by atoms with Gasteiger partial charge in [-0.2, -0.15) is 0 Å². The van der Waals surface area contributed by atoms with Crippen LogP contribution in [0.1, 0.15) is 40.0 Å². The van der Waals surface area contributed by atoms with Gasteiger partial charge in [0, 0.05) is 0 Å². The first-order valence-electron chi connectivity index (χ1n) is 10.8. The van der Waals surface area contributed by atoms with Crippen LogP contribution in [0.2, 0.25) is 0 Å². The van der Waals surface area contributed by atoms with Gasteiger partial charge in [0.25, 0.3) is 0 Å². The van der Waals surface area contributed by atoms with Crippen molar-refractivity contribution in [3.8, 4) is 11.5 Å². The number of carbonyl (C=O) groups excluding carboxylic acids is 2. The molecule has 0 radical (unpaired) electrons. The Hall–Kier alpha value is -4.06. The normalized spacial score (nSPS) is 10.9. The van der Waals surface area contributed by atoms with Crippen LogP contribution in [0.3, 0.4) is 0 Å². The molecule has 6 nitrogen and oxygen atoms in total. The third kappa shape index (κ3) is 4.90. The summed E-state index contributed by atoms with van der Waals surface area (Å²) in [5.74, 6) is -1.35. The molecule has 0 bridgehead atoms. The summed E-state index contributed by atoms with van der Waals surface area (Å²) in [5.41, 5.74) is 0.328. The van der Waals surface area contributed by atoms with Crippen molar-refractivity contribution < 1.29 is 29.3 Å². The predicted molar refractivity (Wildman–Crippen MR) is 126 cm³/mol. The maximum absolute atomic E-state index is 12.5. The smallest absolute Gasteiger partial charge is 0.342 e. The van der Waals surface area contributed by atoms with E-state index in [1.807, 2.05) is 24.3 Å². The Labute approximate surface area is 191 Å². The summed E-state index contributed by atoms with van der Waals surface area (Å²) in [6, 6.07) is 21.1. The minimum absolute atomic E-state index is 0.109. The average Bonchev–Trinajstić information content (AvgIpc) is 2.83. The second-order valence-corrected chi connectivity index (χ2v) is 7.69. The molecule has 168 valence electrons. The minimum Gasteiger partial charge on any atom is -0.507 e. The van der Waals surface area contributed by atoms with E-state index >= 15 is 0 Å². The number of aromatic hydroxyl groups is 2. The van der Waals surface area contributed by atoms with Gasteiger partial charge >= 0.3 is 11.9 Å². The molecule has 0 atom stereocenters. The van der Waals surface area contributed by atoms with Crippen molar-refractivity contribution in [2.45, 2.75) is 19.3 Å². The molecule has 0 aliphatic heterocycles. The summed E-state index contributed by atoms with van der Waals surface area (Å²) in [6.45, 7) is 0.388. The summed E-state index contributed by atoms with van der Waals surface area (Å²) in [4.78, 5) is 25.0. The van der Waals surface area contributed by atoms with Gasteiger partial charge in [0.05, 0.1) is 13.2 Å². The fourth-order valence-electron chi connectivity index (χ4n) is 3.80. The molecule has 0 saturated carbocycles. The van der Waals surface area contributed by atoms with Crippen LogP contribution >= 0.6 is 0 Å². The Morgan fingerprint density at radius 3 is 1.45 bits per heavy atom. The van der Waals surface area contributed by atoms with Crippen LogP contribution in [0.5, 0.6) is 11.5 Å². The number of fused-ring (bicyclic) bond motifs is 2. The molecular formula is C27H24O6. The highest BCUT2D eigenvalue weighted by atomic mass is 16.5. The van der Waals surface area contributed by atoms with Gasteiger partial charge in [-0.1, -0.05) is 60.7 Å². The summed E-state index contributed by atoms with van der Waals surface area (Å²) in [5, 5.41) is 23.2. The standard InChI is InChI=1S/C27H24O6/c28-22-14-12-18-8-2-4-10-20(18)24(22)26(30)32-16-6-1-7-17-33-27(31)25-21-11-5-3-9-19(21)13-15-23(25)29/h2-5,8-15,28-29H,1,6-7,16-17H2. The van der Waals surface area contributed by atoms with Crippen LogP contribution in [0, 0.1) is 0 Å². The fourth-order valence-corrected chi connectivity index (χ4v) is 3.80. The Kier molecular flexibility index (Phi) is 6.74. The van der Waals surface area contributed by atoms with Gasteiger partial charge in [-0.25, -0.2) is 9.59 Å². The van der Waals surface area contributed by atoms with Crippen LogP contribution < -0.4 is 0 Å². The van der Waals surface area contributed by atoms with E-state index in [0.717, 1.165) is 10.8 Å². The van der Waals surface area contributed by atoms with Crippen molar-refractivity contribution in [3.63, 3.8) is 0 Å². The number of hydrogen-bond acceptors (Lipinski definition) is 6. The van der Waals surface area contributed by atoms with E-state index in [-0.39, 0.29) is 35.8 Å². The van der Waals surface area contributed by atoms with Crippen LogP contribution in [0.15, 0.2) is 72.8 Å². The zero-order chi connectivity index (χ0) is 23.2. The van der Waals surface area contributed by atoms with Crippen molar-refractivity contribution in [2.24, 2.45) is 0 Å². The number of benzene rings is 4. The van der Waals surface area contributed by atoms with Crippen molar-refractivity contribution in [1.29, 1.82) is 0 Å². The van der Waals surface area contributed by atoms with Crippen molar-refractivity contribution >= 4 is 33.5 Å². The number of unbranched alkanes of at least 4 members (excludes halogenated alkanes) is 2. The highest BCUT2D eigenvalue weighted by Crippen LogP contribution is 2.29. The lowest BCUT2D eigenvalue weighted by Crippen LogP contribution is -2.09. The number of hydrogen-bond donors (Lipinski definition) is 2. The molecule has 0 fully saturated rings. The highest BCUT2D eigenvalue weighted by Gasteiger charge is 2.17.